The number of rotatable bonds is 4. The van der Waals surface area contributed by atoms with Crippen molar-refractivity contribution in [2.24, 2.45) is 0 Å². The van der Waals surface area contributed by atoms with Crippen LogP contribution in [0, 0.1) is 5.82 Å². The topological polar surface area (TPSA) is 49.4 Å². The molecule has 3 rings (SSSR count). The standard InChI is InChI=1S/C18H17FN2O2/c1-2-12-3-7-14(8-4-12)20-16-11-17(22)21(18(16)23)15-9-5-13(19)6-10-15/h3-10,16,20H,2,11H2,1H3/t16-/m0/s1. The van der Waals surface area contributed by atoms with E-state index in [9.17, 15) is 14.0 Å². The molecule has 1 atom stereocenters. The number of hydrogen-bond acceptors (Lipinski definition) is 3. The Hall–Kier alpha value is -2.69. The first-order valence-electron chi connectivity index (χ1n) is 7.56. The van der Waals surface area contributed by atoms with Crippen LogP contribution in [0.15, 0.2) is 48.5 Å². The summed E-state index contributed by atoms with van der Waals surface area (Å²) in [6.07, 6.45) is 1.03. The molecule has 5 heteroatoms. The zero-order chi connectivity index (χ0) is 16.4. The molecule has 1 heterocycles. The summed E-state index contributed by atoms with van der Waals surface area (Å²) in [5, 5.41) is 3.10. The molecule has 1 fully saturated rings. The van der Waals surface area contributed by atoms with Gasteiger partial charge in [-0.3, -0.25) is 9.59 Å². The van der Waals surface area contributed by atoms with Crippen molar-refractivity contribution < 1.29 is 14.0 Å². The molecule has 4 nitrogen and oxygen atoms in total. The SMILES string of the molecule is CCc1ccc(N[C@H]2CC(=O)N(c3ccc(F)cc3)C2=O)cc1. The quantitative estimate of drug-likeness (QED) is 0.882. The lowest BCUT2D eigenvalue weighted by Gasteiger charge is -2.16. The molecular weight excluding hydrogens is 295 g/mol. The van der Waals surface area contributed by atoms with Gasteiger partial charge in [-0.25, -0.2) is 9.29 Å². The van der Waals surface area contributed by atoms with E-state index in [1.807, 2.05) is 24.3 Å². The van der Waals surface area contributed by atoms with E-state index in [1.54, 1.807) is 0 Å². The van der Waals surface area contributed by atoms with Gasteiger partial charge in [-0.15, -0.1) is 0 Å². The van der Waals surface area contributed by atoms with E-state index in [4.69, 9.17) is 0 Å². The van der Waals surface area contributed by atoms with Crippen LogP contribution in [0.2, 0.25) is 0 Å². The monoisotopic (exact) mass is 312 g/mol. The minimum atomic E-state index is -0.597. The third-order valence-corrected chi connectivity index (χ3v) is 3.93. The number of nitrogens with zero attached hydrogens (tertiary/aromatic N) is 1. The second kappa shape index (κ2) is 6.20. The van der Waals surface area contributed by atoms with Gasteiger partial charge in [-0.2, -0.15) is 0 Å². The summed E-state index contributed by atoms with van der Waals surface area (Å²) in [5.74, 6) is -1.01. The number of benzene rings is 2. The Morgan fingerprint density at radius 2 is 1.74 bits per heavy atom. The molecule has 0 aromatic heterocycles. The summed E-state index contributed by atoms with van der Waals surface area (Å²) >= 11 is 0. The van der Waals surface area contributed by atoms with Crippen LogP contribution in [0.4, 0.5) is 15.8 Å². The Morgan fingerprint density at radius 3 is 2.35 bits per heavy atom. The molecule has 118 valence electrons. The average molecular weight is 312 g/mol. The maximum atomic E-state index is 13.0. The first-order valence-corrected chi connectivity index (χ1v) is 7.56. The molecule has 0 unspecified atom stereocenters. The van der Waals surface area contributed by atoms with E-state index in [2.05, 4.69) is 12.2 Å². The van der Waals surface area contributed by atoms with E-state index in [0.29, 0.717) is 5.69 Å². The zero-order valence-electron chi connectivity index (χ0n) is 12.8. The van der Waals surface area contributed by atoms with E-state index < -0.39 is 11.9 Å². The number of carbonyl (C=O) groups is 2. The Bertz CT molecular complexity index is 726. The van der Waals surface area contributed by atoms with Crippen molar-refractivity contribution in [3.05, 3.63) is 59.9 Å². The lowest BCUT2D eigenvalue weighted by Crippen LogP contribution is -2.34. The van der Waals surface area contributed by atoms with Crippen LogP contribution in [-0.4, -0.2) is 17.9 Å². The number of anilines is 2. The normalized spacial score (nSPS) is 17.7. The van der Waals surface area contributed by atoms with Crippen LogP contribution in [0.25, 0.3) is 0 Å². The molecule has 0 aliphatic carbocycles. The molecule has 2 amide bonds. The smallest absolute Gasteiger partial charge is 0.256 e. The number of aryl methyl sites for hydroxylation is 1. The average Bonchev–Trinajstić information content (AvgIpc) is 2.83. The Kier molecular flexibility index (Phi) is 4.10. The molecule has 2 aromatic rings. The van der Waals surface area contributed by atoms with Crippen molar-refractivity contribution in [3.8, 4) is 0 Å². The second-order valence-electron chi connectivity index (χ2n) is 5.50. The van der Waals surface area contributed by atoms with Gasteiger partial charge in [0.05, 0.1) is 12.1 Å². The van der Waals surface area contributed by atoms with Crippen LogP contribution >= 0.6 is 0 Å². The van der Waals surface area contributed by atoms with E-state index in [0.717, 1.165) is 17.0 Å². The van der Waals surface area contributed by atoms with Gasteiger partial charge in [0.15, 0.2) is 0 Å². The summed E-state index contributed by atoms with van der Waals surface area (Å²) in [5.41, 5.74) is 2.40. The molecule has 2 aromatic carbocycles. The summed E-state index contributed by atoms with van der Waals surface area (Å²) < 4.78 is 13.0. The molecule has 1 N–H and O–H groups in total. The van der Waals surface area contributed by atoms with Gasteiger partial charge >= 0.3 is 0 Å². The lowest BCUT2D eigenvalue weighted by molar-refractivity contribution is -0.121. The van der Waals surface area contributed by atoms with Crippen LogP contribution in [0.3, 0.4) is 0 Å². The van der Waals surface area contributed by atoms with E-state index in [-0.39, 0.29) is 18.2 Å². The molecule has 0 radical (unpaired) electrons. The highest BCUT2D eigenvalue weighted by atomic mass is 19.1. The molecule has 1 saturated heterocycles. The first-order chi connectivity index (χ1) is 11.1. The highest BCUT2D eigenvalue weighted by Gasteiger charge is 2.39. The molecule has 1 aliphatic rings. The van der Waals surface area contributed by atoms with E-state index in [1.165, 1.54) is 29.8 Å². The lowest BCUT2D eigenvalue weighted by atomic mass is 10.1. The van der Waals surface area contributed by atoms with Gasteiger partial charge in [0.2, 0.25) is 5.91 Å². The molecule has 1 aliphatic heterocycles. The maximum absolute atomic E-state index is 13.0. The fraction of sp³-hybridized carbons (Fsp3) is 0.222. The minimum Gasteiger partial charge on any atom is -0.373 e. The van der Waals surface area contributed by atoms with Crippen molar-refractivity contribution in [1.29, 1.82) is 0 Å². The summed E-state index contributed by atoms with van der Waals surface area (Å²) in [6, 6.07) is 12.5. The number of nitrogens with one attached hydrogen (secondary N) is 1. The maximum Gasteiger partial charge on any atom is 0.256 e. The largest absolute Gasteiger partial charge is 0.373 e. The van der Waals surface area contributed by atoms with Gasteiger partial charge in [0.1, 0.15) is 11.9 Å². The fourth-order valence-electron chi connectivity index (χ4n) is 2.64. The third kappa shape index (κ3) is 3.08. The van der Waals surface area contributed by atoms with Gasteiger partial charge in [0.25, 0.3) is 5.91 Å². The zero-order valence-corrected chi connectivity index (χ0v) is 12.8. The molecule has 0 spiro atoms. The predicted molar refractivity (Wildman–Crippen MR) is 86.7 cm³/mol. The number of halogens is 1. The minimum absolute atomic E-state index is 0.0890. The summed E-state index contributed by atoms with van der Waals surface area (Å²) in [4.78, 5) is 25.7. The first kappa shape index (κ1) is 15.2. The summed E-state index contributed by atoms with van der Waals surface area (Å²) in [6.45, 7) is 2.07. The number of amides is 2. The Labute approximate surface area is 133 Å². The number of carbonyl (C=O) groups excluding carboxylic acids is 2. The van der Waals surface area contributed by atoms with Crippen molar-refractivity contribution in [2.45, 2.75) is 25.8 Å². The second-order valence-corrected chi connectivity index (χ2v) is 5.50. The van der Waals surface area contributed by atoms with Gasteiger partial charge in [0, 0.05) is 5.69 Å². The number of imide groups is 1. The van der Waals surface area contributed by atoms with Crippen LogP contribution in [-0.2, 0) is 16.0 Å². The van der Waals surface area contributed by atoms with Gasteiger partial charge in [-0.1, -0.05) is 19.1 Å². The van der Waals surface area contributed by atoms with Gasteiger partial charge < -0.3 is 5.32 Å². The molecule has 23 heavy (non-hydrogen) atoms. The Balaban J connectivity index is 1.76. The van der Waals surface area contributed by atoms with Crippen LogP contribution in [0.1, 0.15) is 18.9 Å². The van der Waals surface area contributed by atoms with Gasteiger partial charge in [-0.05, 0) is 48.4 Å². The third-order valence-electron chi connectivity index (χ3n) is 3.93. The predicted octanol–water partition coefficient (Wildman–Crippen LogP) is 3.13. The van der Waals surface area contributed by atoms with E-state index >= 15 is 0 Å². The summed E-state index contributed by atoms with van der Waals surface area (Å²) in [7, 11) is 0. The molecule has 0 bridgehead atoms. The van der Waals surface area contributed by atoms with Crippen molar-refractivity contribution in [3.63, 3.8) is 0 Å². The van der Waals surface area contributed by atoms with Crippen molar-refractivity contribution >= 4 is 23.2 Å². The number of hydrogen-bond donors (Lipinski definition) is 1. The highest BCUT2D eigenvalue weighted by molar-refractivity contribution is 6.23. The highest BCUT2D eigenvalue weighted by Crippen LogP contribution is 2.25. The Morgan fingerprint density at radius 1 is 1.09 bits per heavy atom. The van der Waals surface area contributed by atoms with Crippen molar-refractivity contribution in [2.75, 3.05) is 10.2 Å². The van der Waals surface area contributed by atoms with Crippen molar-refractivity contribution in [1.82, 2.24) is 0 Å². The van der Waals surface area contributed by atoms with Crippen LogP contribution < -0.4 is 10.2 Å². The molecule has 0 saturated carbocycles. The molecular formula is C18H17FN2O2. The fourth-order valence-corrected chi connectivity index (χ4v) is 2.64. The van der Waals surface area contributed by atoms with Crippen LogP contribution in [0.5, 0.6) is 0 Å².